The minimum atomic E-state index is -1.08. The Morgan fingerprint density at radius 1 is 1.47 bits per heavy atom. The molecule has 1 aromatic carbocycles. The Bertz CT molecular complexity index is 415. The first kappa shape index (κ1) is 12.2. The van der Waals surface area contributed by atoms with Crippen molar-refractivity contribution in [2.24, 2.45) is 0 Å². The lowest BCUT2D eigenvalue weighted by molar-refractivity contribution is 0.0696. The second-order valence-electron chi connectivity index (χ2n) is 2.98. The first-order chi connectivity index (χ1) is 6.93. The fourth-order valence-corrected chi connectivity index (χ4v) is 1.61. The molecule has 0 bridgehead atoms. The molecular formula is C10H8BrClO3. The standard InChI is InChI=1S/C10H8BrClO3/c1-5(12)9(13)6-2-3-8(11)7(4-6)10(14)15/h2-5H,1H3,(H,14,15). The molecule has 0 fully saturated rings. The van der Waals surface area contributed by atoms with Crippen molar-refractivity contribution in [3.05, 3.63) is 33.8 Å². The van der Waals surface area contributed by atoms with Crippen molar-refractivity contribution in [1.29, 1.82) is 0 Å². The van der Waals surface area contributed by atoms with E-state index < -0.39 is 11.3 Å². The SMILES string of the molecule is CC(Cl)C(=O)c1ccc(Br)c(C(=O)O)c1. The monoisotopic (exact) mass is 290 g/mol. The van der Waals surface area contributed by atoms with Gasteiger partial charge in [-0.2, -0.15) is 0 Å². The highest BCUT2D eigenvalue weighted by atomic mass is 79.9. The van der Waals surface area contributed by atoms with Crippen LogP contribution >= 0.6 is 27.5 Å². The summed E-state index contributed by atoms with van der Waals surface area (Å²) in [6.45, 7) is 1.55. The molecular weight excluding hydrogens is 283 g/mol. The van der Waals surface area contributed by atoms with Crippen LogP contribution in [0.2, 0.25) is 0 Å². The van der Waals surface area contributed by atoms with Crippen LogP contribution in [0.3, 0.4) is 0 Å². The highest BCUT2D eigenvalue weighted by molar-refractivity contribution is 9.10. The third kappa shape index (κ3) is 2.79. The van der Waals surface area contributed by atoms with E-state index in [1.807, 2.05) is 0 Å². The molecule has 0 saturated carbocycles. The van der Waals surface area contributed by atoms with E-state index in [0.29, 0.717) is 10.0 Å². The third-order valence-corrected chi connectivity index (χ3v) is 2.73. The molecule has 3 nitrogen and oxygen atoms in total. The quantitative estimate of drug-likeness (QED) is 0.688. The van der Waals surface area contributed by atoms with Crippen LogP contribution in [0.4, 0.5) is 0 Å². The van der Waals surface area contributed by atoms with Crippen molar-refractivity contribution in [2.75, 3.05) is 0 Å². The van der Waals surface area contributed by atoms with Crippen molar-refractivity contribution in [2.45, 2.75) is 12.3 Å². The summed E-state index contributed by atoms with van der Waals surface area (Å²) in [5, 5.41) is 8.18. The Morgan fingerprint density at radius 3 is 2.53 bits per heavy atom. The zero-order valence-corrected chi connectivity index (χ0v) is 10.2. The molecule has 0 aromatic heterocycles. The van der Waals surface area contributed by atoms with E-state index in [2.05, 4.69) is 15.9 Å². The lowest BCUT2D eigenvalue weighted by atomic mass is 10.1. The van der Waals surface area contributed by atoms with Gasteiger partial charge in [0.05, 0.1) is 10.9 Å². The topological polar surface area (TPSA) is 54.4 Å². The molecule has 1 unspecified atom stereocenters. The second-order valence-corrected chi connectivity index (χ2v) is 4.49. The Balaban J connectivity index is 3.19. The summed E-state index contributed by atoms with van der Waals surface area (Å²) in [4.78, 5) is 22.3. The van der Waals surface area contributed by atoms with Crippen LogP contribution in [0.15, 0.2) is 22.7 Å². The van der Waals surface area contributed by atoms with E-state index >= 15 is 0 Å². The molecule has 0 amide bonds. The molecule has 0 saturated heterocycles. The van der Waals surface area contributed by atoms with Gasteiger partial charge in [-0.3, -0.25) is 4.79 Å². The van der Waals surface area contributed by atoms with E-state index in [9.17, 15) is 9.59 Å². The summed E-state index contributed by atoms with van der Waals surface area (Å²) in [6.07, 6.45) is 0. The van der Waals surface area contributed by atoms with Gasteiger partial charge in [0.15, 0.2) is 5.78 Å². The van der Waals surface area contributed by atoms with Crippen LogP contribution in [0.25, 0.3) is 0 Å². The Morgan fingerprint density at radius 2 is 2.07 bits per heavy atom. The van der Waals surface area contributed by atoms with Gasteiger partial charge in [-0.1, -0.05) is 6.07 Å². The van der Waals surface area contributed by atoms with Gasteiger partial charge < -0.3 is 5.11 Å². The molecule has 0 spiro atoms. The van der Waals surface area contributed by atoms with Gasteiger partial charge >= 0.3 is 5.97 Å². The maximum Gasteiger partial charge on any atom is 0.336 e. The summed E-state index contributed by atoms with van der Waals surface area (Å²) in [7, 11) is 0. The first-order valence-corrected chi connectivity index (χ1v) is 5.37. The maximum atomic E-state index is 11.5. The number of hydrogen-bond donors (Lipinski definition) is 1. The summed E-state index contributed by atoms with van der Waals surface area (Å²) in [6, 6.07) is 4.38. The van der Waals surface area contributed by atoms with Gasteiger partial charge in [-0.05, 0) is 35.0 Å². The fourth-order valence-electron chi connectivity index (χ4n) is 1.07. The number of Topliss-reactive ketones (excluding diaryl/α,β-unsaturated/α-hetero) is 1. The van der Waals surface area contributed by atoms with Gasteiger partial charge in [0, 0.05) is 10.0 Å². The van der Waals surface area contributed by atoms with Gasteiger partial charge in [0.1, 0.15) is 0 Å². The molecule has 5 heteroatoms. The smallest absolute Gasteiger partial charge is 0.336 e. The van der Waals surface area contributed by atoms with E-state index in [1.54, 1.807) is 6.92 Å². The average molecular weight is 292 g/mol. The van der Waals surface area contributed by atoms with Crippen molar-refractivity contribution in [1.82, 2.24) is 0 Å². The predicted molar refractivity (Wildman–Crippen MR) is 60.7 cm³/mol. The van der Waals surface area contributed by atoms with Crippen LogP contribution in [0.1, 0.15) is 27.6 Å². The van der Waals surface area contributed by atoms with Gasteiger partial charge in [0.2, 0.25) is 0 Å². The molecule has 1 rings (SSSR count). The van der Waals surface area contributed by atoms with Crippen LogP contribution < -0.4 is 0 Å². The van der Waals surface area contributed by atoms with Crippen LogP contribution in [-0.2, 0) is 0 Å². The van der Waals surface area contributed by atoms with Gasteiger partial charge in [-0.25, -0.2) is 4.79 Å². The second kappa shape index (κ2) is 4.77. The maximum absolute atomic E-state index is 11.5. The van der Waals surface area contributed by atoms with Gasteiger partial charge in [-0.15, -0.1) is 11.6 Å². The third-order valence-electron chi connectivity index (χ3n) is 1.84. The summed E-state index contributed by atoms with van der Waals surface area (Å²) >= 11 is 8.72. The predicted octanol–water partition coefficient (Wildman–Crippen LogP) is 2.96. The molecule has 1 atom stereocenters. The van der Waals surface area contributed by atoms with E-state index in [1.165, 1.54) is 18.2 Å². The summed E-state index contributed by atoms with van der Waals surface area (Å²) < 4.78 is 0.439. The molecule has 15 heavy (non-hydrogen) atoms. The van der Waals surface area contributed by atoms with E-state index in [0.717, 1.165) is 0 Å². The Labute approximate surface area is 100 Å². The molecule has 0 aliphatic rings. The molecule has 0 aliphatic heterocycles. The Kier molecular flexibility index (Phi) is 3.88. The number of hydrogen-bond acceptors (Lipinski definition) is 2. The number of benzene rings is 1. The number of carboxylic acids is 1. The number of carbonyl (C=O) groups excluding carboxylic acids is 1. The molecule has 80 valence electrons. The van der Waals surface area contributed by atoms with Crippen LogP contribution in [-0.4, -0.2) is 22.2 Å². The minimum absolute atomic E-state index is 0.0539. The molecule has 0 radical (unpaired) electrons. The van der Waals surface area contributed by atoms with Crippen molar-refractivity contribution in [3.8, 4) is 0 Å². The number of ketones is 1. The van der Waals surface area contributed by atoms with Crippen LogP contribution in [0.5, 0.6) is 0 Å². The highest BCUT2D eigenvalue weighted by Gasteiger charge is 2.16. The first-order valence-electron chi connectivity index (χ1n) is 4.14. The number of halogens is 2. The van der Waals surface area contributed by atoms with Crippen molar-refractivity contribution >= 4 is 39.3 Å². The fraction of sp³-hybridized carbons (Fsp3) is 0.200. The highest BCUT2D eigenvalue weighted by Crippen LogP contribution is 2.20. The average Bonchev–Trinajstić information content (AvgIpc) is 2.16. The van der Waals surface area contributed by atoms with Crippen molar-refractivity contribution < 1.29 is 14.7 Å². The minimum Gasteiger partial charge on any atom is -0.478 e. The van der Waals surface area contributed by atoms with Crippen molar-refractivity contribution in [3.63, 3.8) is 0 Å². The van der Waals surface area contributed by atoms with E-state index in [4.69, 9.17) is 16.7 Å². The number of alkyl halides is 1. The lowest BCUT2D eigenvalue weighted by Gasteiger charge is -2.05. The number of aromatic carboxylic acids is 1. The molecule has 1 aromatic rings. The zero-order valence-electron chi connectivity index (χ0n) is 7.83. The summed E-state index contributed by atoms with van der Waals surface area (Å²) in [5.41, 5.74) is 0.358. The number of carboxylic acid groups (broad SMARTS) is 1. The molecule has 0 aliphatic carbocycles. The van der Waals surface area contributed by atoms with Crippen LogP contribution in [0, 0.1) is 0 Å². The zero-order chi connectivity index (χ0) is 11.6. The lowest BCUT2D eigenvalue weighted by Crippen LogP contribution is -2.11. The Hall–Kier alpha value is -0.870. The normalized spacial score (nSPS) is 12.2. The van der Waals surface area contributed by atoms with Gasteiger partial charge in [0.25, 0.3) is 0 Å². The summed E-state index contributed by atoms with van der Waals surface area (Å²) in [5.74, 6) is -1.37. The number of rotatable bonds is 3. The largest absolute Gasteiger partial charge is 0.478 e. The molecule has 0 heterocycles. The van der Waals surface area contributed by atoms with E-state index in [-0.39, 0.29) is 11.3 Å². The number of carbonyl (C=O) groups is 2. The molecule has 1 N–H and O–H groups in total.